The zero-order valence-electron chi connectivity index (χ0n) is 16.7. The number of aromatic nitrogens is 2. The van der Waals surface area contributed by atoms with Gasteiger partial charge in [0.15, 0.2) is 11.5 Å². The molecule has 150 valence electrons. The molecule has 0 saturated heterocycles. The zero-order chi connectivity index (χ0) is 20.7. The van der Waals surface area contributed by atoms with Gasteiger partial charge in [-0.25, -0.2) is 14.4 Å². The average Bonchev–Trinajstić information content (AvgIpc) is 3.17. The predicted molar refractivity (Wildman–Crippen MR) is 115 cm³/mol. The molecule has 0 N–H and O–H groups in total. The number of hydrogen-bond acceptors (Lipinski definition) is 4. The first kappa shape index (κ1) is 18.4. The quantitative estimate of drug-likeness (QED) is 0.466. The van der Waals surface area contributed by atoms with Crippen LogP contribution in [0.25, 0.3) is 11.0 Å². The molecule has 1 atom stereocenters. The van der Waals surface area contributed by atoms with Crippen molar-refractivity contribution in [2.45, 2.75) is 12.5 Å². The van der Waals surface area contributed by atoms with Crippen LogP contribution >= 0.6 is 0 Å². The summed E-state index contributed by atoms with van der Waals surface area (Å²) in [5.41, 5.74) is 4.74. The number of fused-ring (bicyclic) bond motifs is 3. The first-order chi connectivity index (χ1) is 14.7. The van der Waals surface area contributed by atoms with Gasteiger partial charge in [-0.05, 0) is 47.5 Å². The van der Waals surface area contributed by atoms with Gasteiger partial charge in [0.05, 0.1) is 37.0 Å². The van der Waals surface area contributed by atoms with Crippen molar-refractivity contribution in [2.24, 2.45) is 4.99 Å². The van der Waals surface area contributed by atoms with E-state index >= 15 is 0 Å². The van der Waals surface area contributed by atoms with Crippen LogP contribution in [0.3, 0.4) is 0 Å². The minimum Gasteiger partial charge on any atom is -0.493 e. The monoisotopic (exact) mass is 401 g/mol. The fourth-order valence-corrected chi connectivity index (χ4v) is 4.01. The molecule has 0 saturated carbocycles. The second-order valence-corrected chi connectivity index (χ2v) is 7.17. The molecule has 1 unspecified atom stereocenters. The SMILES string of the molecule is COc1ccc(C2CC(c3ccc(F)cc3)=Nc3nc4ccccc4n32)cc1OC. The van der Waals surface area contributed by atoms with E-state index in [1.807, 2.05) is 36.4 Å². The molecule has 1 aliphatic heterocycles. The van der Waals surface area contributed by atoms with Crippen molar-refractivity contribution in [3.63, 3.8) is 0 Å². The van der Waals surface area contributed by atoms with Crippen LogP contribution in [0.4, 0.5) is 10.3 Å². The van der Waals surface area contributed by atoms with Gasteiger partial charge in [-0.15, -0.1) is 0 Å². The number of benzene rings is 3. The summed E-state index contributed by atoms with van der Waals surface area (Å²) in [6.45, 7) is 0. The van der Waals surface area contributed by atoms with Gasteiger partial charge in [0.25, 0.3) is 0 Å². The topological polar surface area (TPSA) is 48.6 Å². The van der Waals surface area contributed by atoms with Crippen molar-refractivity contribution in [1.82, 2.24) is 9.55 Å². The number of ether oxygens (including phenoxy) is 2. The first-order valence-electron chi connectivity index (χ1n) is 9.70. The van der Waals surface area contributed by atoms with E-state index < -0.39 is 0 Å². The molecular formula is C24H20FN3O2. The van der Waals surface area contributed by atoms with Crippen LogP contribution < -0.4 is 9.47 Å². The zero-order valence-corrected chi connectivity index (χ0v) is 16.7. The van der Waals surface area contributed by atoms with Gasteiger partial charge in [0, 0.05) is 6.42 Å². The molecule has 0 fully saturated rings. The van der Waals surface area contributed by atoms with Crippen LogP contribution in [-0.2, 0) is 0 Å². The van der Waals surface area contributed by atoms with E-state index in [1.165, 1.54) is 12.1 Å². The van der Waals surface area contributed by atoms with E-state index in [-0.39, 0.29) is 11.9 Å². The van der Waals surface area contributed by atoms with Crippen molar-refractivity contribution >= 4 is 22.7 Å². The molecule has 4 aromatic rings. The maximum Gasteiger partial charge on any atom is 0.231 e. The number of imidazole rings is 1. The summed E-state index contributed by atoms with van der Waals surface area (Å²) in [5.74, 6) is 1.73. The van der Waals surface area contributed by atoms with Crippen molar-refractivity contribution < 1.29 is 13.9 Å². The Kier molecular flexibility index (Phi) is 4.47. The van der Waals surface area contributed by atoms with E-state index in [0.29, 0.717) is 23.9 Å². The van der Waals surface area contributed by atoms with E-state index in [0.717, 1.165) is 27.9 Å². The molecule has 0 bridgehead atoms. The minimum absolute atomic E-state index is 0.0373. The third-order valence-electron chi connectivity index (χ3n) is 5.48. The maximum atomic E-state index is 13.4. The fraction of sp³-hybridized carbons (Fsp3) is 0.167. The number of hydrogen-bond donors (Lipinski definition) is 0. The molecule has 0 spiro atoms. The van der Waals surface area contributed by atoms with Gasteiger partial charge in [0.2, 0.25) is 5.95 Å². The van der Waals surface area contributed by atoms with Crippen LogP contribution in [0.2, 0.25) is 0 Å². The van der Waals surface area contributed by atoms with Crippen molar-refractivity contribution in [2.75, 3.05) is 14.2 Å². The van der Waals surface area contributed by atoms with E-state index in [1.54, 1.807) is 26.4 Å². The summed E-state index contributed by atoms with van der Waals surface area (Å²) in [6, 6.07) is 20.4. The van der Waals surface area contributed by atoms with Gasteiger partial charge in [0.1, 0.15) is 5.82 Å². The van der Waals surface area contributed by atoms with Crippen LogP contribution in [0.15, 0.2) is 71.7 Å². The van der Waals surface area contributed by atoms with Crippen LogP contribution in [-0.4, -0.2) is 29.5 Å². The number of aliphatic imine (C=N–C) groups is 1. The number of para-hydroxylation sites is 2. The third-order valence-corrected chi connectivity index (χ3v) is 5.48. The Bertz CT molecular complexity index is 1260. The van der Waals surface area contributed by atoms with Crippen molar-refractivity contribution in [3.05, 3.63) is 83.7 Å². The van der Waals surface area contributed by atoms with Crippen LogP contribution in [0, 0.1) is 5.82 Å². The minimum atomic E-state index is -0.265. The second-order valence-electron chi connectivity index (χ2n) is 7.17. The molecule has 5 rings (SSSR count). The number of rotatable bonds is 4. The standard InChI is InChI=1S/C24H20FN3O2/c1-29-22-12-9-16(13-23(22)30-2)21-14-19(15-7-10-17(25)11-8-15)27-24-26-18-5-3-4-6-20(18)28(21)24/h3-13,21H,14H2,1-2H3. The third kappa shape index (κ3) is 3.01. The highest BCUT2D eigenvalue weighted by molar-refractivity contribution is 6.03. The molecule has 2 heterocycles. The van der Waals surface area contributed by atoms with E-state index in [4.69, 9.17) is 19.5 Å². The fourth-order valence-electron chi connectivity index (χ4n) is 4.01. The summed E-state index contributed by atoms with van der Waals surface area (Å²) >= 11 is 0. The normalized spacial score (nSPS) is 15.6. The van der Waals surface area contributed by atoms with E-state index in [9.17, 15) is 4.39 Å². The van der Waals surface area contributed by atoms with Gasteiger partial charge < -0.3 is 14.0 Å². The largest absolute Gasteiger partial charge is 0.493 e. The summed E-state index contributed by atoms with van der Waals surface area (Å²) in [5, 5.41) is 0. The molecule has 6 heteroatoms. The molecular weight excluding hydrogens is 381 g/mol. The lowest BCUT2D eigenvalue weighted by atomic mass is 9.95. The highest BCUT2D eigenvalue weighted by Gasteiger charge is 2.28. The second kappa shape index (κ2) is 7.30. The molecule has 1 aromatic heterocycles. The smallest absolute Gasteiger partial charge is 0.231 e. The molecule has 0 amide bonds. The number of halogens is 1. The summed E-state index contributed by atoms with van der Waals surface area (Å²) in [6.07, 6.45) is 0.647. The Balaban J connectivity index is 1.69. The molecule has 3 aromatic carbocycles. The number of methoxy groups -OCH3 is 2. The Morgan fingerprint density at radius 3 is 2.47 bits per heavy atom. The lowest BCUT2D eigenvalue weighted by molar-refractivity contribution is 0.354. The summed E-state index contributed by atoms with van der Waals surface area (Å²) in [7, 11) is 3.25. The average molecular weight is 401 g/mol. The lowest BCUT2D eigenvalue weighted by Crippen LogP contribution is -2.20. The van der Waals surface area contributed by atoms with E-state index in [2.05, 4.69) is 10.6 Å². The van der Waals surface area contributed by atoms with Crippen LogP contribution in [0.1, 0.15) is 23.6 Å². The highest BCUT2D eigenvalue weighted by Crippen LogP contribution is 2.40. The van der Waals surface area contributed by atoms with Gasteiger partial charge >= 0.3 is 0 Å². The Labute approximate surface area is 173 Å². The molecule has 0 aliphatic carbocycles. The Morgan fingerprint density at radius 1 is 0.933 bits per heavy atom. The maximum absolute atomic E-state index is 13.4. The highest BCUT2D eigenvalue weighted by atomic mass is 19.1. The lowest BCUT2D eigenvalue weighted by Gasteiger charge is -2.26. The molecule has 1 aliphatic rings. The molecule has 30 heavy (non-hydrogen) atoms. The van der Waals surface area contributed by atoms with Gasteiger partial charge in [-0.2, -0.15) is 0 Å². The summed E-state index contributed by atoms with van der Waals surface area (Å²) < 4.78 is 26.5. The summed E-state index contributed by atoms with van der Waals surface area (Å²) in [4.78, 5) is 9.57. The number of nitrogens with zero attached hydrogens (tertiary/aromatic N) is 3. The molecule has 5 nitrogen and oxygen atoms in total. The van der Waals surface area contributed by atoms with Gasteiger partial charge in [-0.3, -0.25) is 0 Å². The molecule has 0 radical (unpaired) electrons. The van der Waals surface area contributed by atoms with Gasteiger partial charge in [-0.1, -0.05) is 30.3 Å². The van der Waals surface area contributed by atoms with Crippen molar-refractivity contribution in [3.8, 4) is 11.5 Å². The Hall–Kier alpha value is -3.67. The van der Waals surface area contributed by atoms with Crippen LogP contribution in [0.5, 0.6) is 11.5 Å². The van der Waals surface area contributed by atoms with Crippen molar-refractivity contribution in [1.29, 1.82) is 0 Å². The Morgan fingerprint density at radius 2 is 1.70 bits per heavy atom. The predicted octanol–water partition coefficient (Wildman–Crippen LogP) is 5.31. The first-order valence-corrected chi connectivity index (χ1v) is 9.70.